The van der Waals surface area contributed by atoms with Gasteiger partial charge < -0.3 is 19.7 Å². The molecular weight excluding hydrogens is 314 g/mol. The van der Waals surface area contributed by atoms with Crippen molar-refractivity contribution < 1.29 is 14.3 Å². The first-order chi connectivity index (χ1) is 11.1. The van der Waals surface area contributed by atoms with E-state index in [1.54, 1.807) is 17.2 Å². The van der Waals surface area contributed by atoms with Crippen LogP contribution in [0.3, 0.4) is 0 Å². The molecule has 2 heterocycles. The molecule has 0 unspecified atom stereocenters. The summed E-state index contributed by atoms with van der Waals surface area (Å²) in [7, 11) is 0. The van der Waals surface area contributed by atoms with Crippen LogP contribution in [0.15, 0.2) is 22.8 Å². The van der Waals surface area contributed by atoms with Crippen molar-refractivity contribution in [2.24, 2.45) is 0 Å². The number of aliphatic hydroxyl groups excluding tert-OH is 1. The molecule has 23 heavy (non-hydrogen) atoms. The lowest BCUT2D eigenvalue weighted by Gasteiger charge is -2.28. The monoisotopic (exact) mass is 337 g/mol. The molecule has 2 aromatic heterocycles. The maximum absolute atomic E-state index is 13.0. The van der Waals surface area contributed by atoms with Gasteiger partial charge in [-0.25, -0.2) is 4.98 Å². The van der Waals surface area contributed by atoms with Crippen LogP contribution in [0.25, 0.3) is 0 Å². The van der Waals surface area contributed by atoms with Crippen molar-refractivity contribution in [2.45, 2.75) is 39.8 Å². The summed E-state index contributed by atoms with van der Waals surface area (Å²) in [5.41, 5.74) is 0.702. The Morgan fingerprint density at radius 1 is 1.52 bits per heavy atom. The van der Waals surface area contributed by atoms with Crippen molar-refractivity contribution in [3.8, 4) is 0 Å². The fraction of sp³-hybridized carbons (Fsp3) is 0.500. The van der Waals surface area contributed by atoms with Crippen LogP contribution in [0.5, 0.6) is 0 Å². The van der Waals surface area contributed by atoms with Crippen molar-refractivity contribution in [2.75, 3.05) is 18.5 Å². The number of aliphatic hydroxyl groups is 1. The molecular formula is C16H23N3O3S. The highest BCUT2D eigenvalue weighted by Crippen LogP contribution is 2.26. The number of carbonyl (C=O) groups is 1. The van der Waals surface area contributed by atoms with Gasteiger partial charge in [-0.05, 0) is 32.4 Å². The summed E-state index contributed by atoms with van der Waals surface area (Å²) in [6.45, 7) is 6.77. The highest BCUT2D eigenvalue weighted by molar-refractivity contribution is 7.17. The molecule has 2 rings (SSSR count). The number of nitrogens with zero attached hydrogens (tertiary/aromatic N) is 2. The third-order valence-corrected chi connectivity index (χ3v) is 4.71. The van der Waals surface area contributed by atoms with Crippen LogP contribution in [-0.4, -0.2) is 40.1 Å². The summed E-state index contributed by atoms with van der Waals surface area (Å²) >= 11 is 1.35. The number of hydrogen-bond acceptors (Lipinski definition) is 6. The number of thiazole rings is 1. The number of rotatable bonds is 8. The van der Waals surface area contributed by atoms with Crippen molar-refractivity contribution >= 4 is 22.4 Å². The Morgan fingerprint density at radius 2 is 2.30 bits per heavy atom. The quantitative estimate of drug-likeness (QED) is 0.774. The van der Waals surface area contributed by atoms with Gasteiger partial charge >= 0.3 is 0 Å². The zero-order valence-corrected chi connectivity index (χ0v) is 14.5. The summed E-state index contributed by atoms with van der Waals surface area (Å²) in [5, 5.41) is 13.5. The first-order valence-electron chi connectivity index (χ1n) is 7.76. The normalized spacial score (nSPS) is 12.2. The van der Waals surface area contributed by atoms with Crippen molar-refractivity contribution in [1.29, 1.82) is 0 Å². The lowest BCUT2D eigenvalue weighted by atomic mass is 10.1. The van der Waals surface area contributed by atoms with E-state index in [1.165, 1.54) is 11.3 Å². The minimum Gasteiger partial charge on any atom is -0.467 e. The topological polar surface area (TPSA) is 78.6 Å². The van der Waals surface area contributed by atoms with Gasteiger partial charge in [-0.3, -0.25) is 4.79 Å². The minimum atomic E-state index is -0.253. The molecule has 0 saturated heterocycles. The Kier molecular flexibility index (Phi) is 6.18. The standard InChI is InChI=1S/C16H23N3O3S/c1-4-12(10-20)19(9-13-7-6-8-22-13)15(21)14-11(3)18-16(23-14)17-5-2/h6-8,12,20H,4-5,9-10H2,1-3H3,(H,17,18)/t12-/m1/s1. The Labute approximate surface area is 140 Å². The van der Waals surface area contributed by atoms with E-state index >= 15 is 0 Å². The number of nitrogens with one attached hydrogen (secondary N) is 1. The molecule has 0 spiro atoms. The SMILES string of the molecule is CCNc1nc(C)c(C(=O)N(Cc2ccco2)[C@H](CC)CO)s1. The zero-order valence-electron chi connectivity index (χ0n) is 13.7. The Morgan fingerprint density at radius 3 is 2.87 bits per heavy atom. The predicted molar refractivity (Wildman–Crippen MR) is 90.8 cm³/mol. The first kappa shape index (κ1) is 17.5. The molecule has 0 aliphatic heterocycles. The lowest BCUT2D eigenvalue weighted by molar-refractivity contribution is 0.0549. The predicted octanol–water partition coefficient (Wildman–Crippen LogP) is 2.89. The minimum absolute atomic E-state index is 0.0825. The van der Waals surface area contributed by atoms with Crippen LogP contribution in [0, 0.1) is 6.92 Å². The molecule has 0 aliphatic carbocycles. The van der Waals surface area contributed by atoms with Crippen molar-refractivity contribution in [3.63, 3.8) is 0 Å². The fourth-order valence-electron chi connectivity index (χ4n) is 2.34. The molecule has 0 fully saturated rings. The van der Waals surface area contributed by atoms with Crippen LogP contribution < -0.4 is 5.32 Å². The van der Waals surface area contributed by atoms with E-state index < -0.39 is 0 Å². The maximum Gasteiger partial charge on any atom is 0.266 e. The van der Waals surface area contributed by atoms with Crippen LogP contribution in [-0.2, 0) is 6.54 Å². The number of aryl methyl sites for hydroxylation is 1. The van der Waals surface area contributed by atoms with Crippen LogP contribution in [0.4, 0.5) is 5.13 Å². The van der Waals surface area contributed by atoms with E-state index in [4.69, 9.17) is 4.42 Å². The molecule has 0 aliphatic rings. The summed E-state index contributed by atoms with van der Waals surface area (Å²) < 4.78 is 5.36. The zero-order chi connectivity index (χ0) is 16.8. The van der Waals surface area contributed by atoms with Gasteiger partial charge in [0.15, 0.2) is 5.13 Å². The Balaban J connectivity index is 2.28. The van der Waals surface area contributed by atoms with Crippen molar-refractivity contribution in [1.82, 2.24) is 9.88 Å². The largest absolute Gasteiger partial charge is 0.467 e. The third kappa shape index (κ3) is 4.11. The van der Waals surface area contributed by atoms with Crippen LogP contribution in [0.2, 0.25) is 0 Å². The maximum atomic E-state index is 13.0. The highest BCUT2D eigenvalue weighted by atomic mass is 32.1. The number of amides is 1. The molecule has 0 bridgehead atoms. The number of carbonyl (C=O) groups excluding carboxylic acids is 1. The van der Waals surface area contributed by atoms with Gasteiger partial charge in [0.05, 0.1) is 31.2 Å². The van der Waals surface area contributed by atoms with Gasteiger partial charge in [0.1, 0.15) is 10.6 Å². The van der Waals surface area contributed by atoms with E-state index in [0.717, 1.165) is 11.7 Å². The smallest absolute Gasteiger partial charge is 0.266 e. The molecule has 2 aromatic rings. The fourth-order valence-corrected chi connectivity index (χ4v) is 3.33. The number of aromatic nitrogens is 1. The van der Waals surface area contributed by atoms with Gasteiger partial charge in [0, 0.05) is 6.54 Å². The van der Waals surface area contributed by atoms with Gasteiger partial charge in [-0.1, -0.05) is 18.3 Å². The van der Waals surface area contributed by atoms with E-state index in [-0.39, 0.29) is 18.6 Å². The van der Waals surface area contributed by atoms with Crippen molar-refractivity contribution in [3.05, 3.63) is 34.7 Å². The van der Waals surface area contributed by atoms with Gasteiger partial charge in [-0.15, -0.1) is 0 Å². The van der Waals surface area contributed by atoms with E-state index in [2.05, 4.69) is 10.3 Å². The average Bonchev–Trinajstić information content (AvgIpc) is 3.17. The first-order valence-corrected chi connectivity index (χ1v) is 8.57. The van der Waals surface area contributed by atoms with Gasteiger partial charge in [0.2, 0.25) is 0 Å². The third-order valence-electron chi connectivity index (χ3n) is 3.61. The number of hydrogen-bond donors (Lipinski definition) is 2. The summed E-state index contributed by atoms with van der Waals surface area (Å²) in [5.74, 6) is 0.570. The Hall–Kier alpha value is -1.86. The van der Waals surface area contributed by atoms with Gasteiger partial charge in [-0.2, -0.15) is 0 Å². The van der Waals surface area contributed by atoms with Crippen LogP contribution in [0.1, 0.15) is 41.4 Å². The molecule has 7 heteroatoms. The molecule has 1 atom stereocenters. The number of anilines is 1. The molecule has 126 valence electrons. The van der Waals surface area contributed by atoms with Gasteiger partial charge in [0.25, 0.3) is 5.91 Å². The lowest BCUT2D eigenvalue weighted by Crippen LogP contribution is -2.41. The van der Waals surface area contributed by atoms with E-state index in [0.29, 0.717) is 29.3 Å². The summed E-state index contributed by atoms with van der Waals surface area (Å²) in [6, 6.07) is 3.37. The molecule has 0 radical (unpaired) electrons. The average molecular weight is 337 g/mol. The molecule has 6 nitrogen and oxygen atoms in total. The molecule has 1 amide bonds. The molecule has 0 saturated carbocycles. The second-order valence-electron chi connectivity index (χ2n) is 5.22. The second-order valence-corrected chi connectivity index (χ2v) is 6.22. The van der Waals surface area contributed by atoms with Crippen LogP contribution >= 0.6 is 11.3 Å². The second kappa shape index (κ2) is 8.12. The summed E-state index contributed by atoms with van der Waals surface area (Å²) in [6.07, 6.45) is 2.25. The molecule has 2 N–H and O–H groups in total. The number of furan rings is 1. The Bertz CT molecular complexity index is 621. The molecule has 0 aromatic carbocycles. The van der Waals surface area contributed by atoms with E-state index in [1.807, 2.05) is 26.8 Å². The summed E-state index contributed by atoms with van der Waals surface area (Å²) in [4.78, 5) is 19.6. The van der Waals surface area contributed by atoms with E-state index in [9.17, 15) is 9.90 Å². The highest BCUT2D eigenvalue weighted by Gasteiger charge is 2.27.